The van der Waals surface area contributed by atoms with Crippen molar-refractivity contribution in [2.24, 2.45) is 0 Å². The van der Waals surface area contributed by atoms with Crippen molar-refractivity contribution < 1.29 is 4.74 Å². The standard InChI is InChI=1S/C11H15ClN2O/c1-14(9-6-13-7-9)8-3-4-11(15-2)10(12)5-8/h3-5,9,13H,6-7H2,1-2H3. The van der Waals surface area contributed by atoms with Gasteiger partial charge in [-0.1, -0.05) is 11.6 Å². The third-order valence-corrected chi connectivity index (χ3v) is 3.15. The predicted molar refractivity (Wildman–Crippen MR) is 63.1 cm³/mol. The van der Waals surface area contributed by atoms with E-state index in [0.29, 0.717) is 11.1 Å². The number of hydrogen-bond donors (Lipinski definition) is 1. The molecule has 0 unspecified atom stereocenters. The maximum absolute atomic E-state index is 6.07. The fraction of sp³-hybridized carbons (Fsp3) is 0.455. The second-order valence-electron chi connectivity index (χ2n) is 3.74. The molecule has 0 aliphatic carbocycles. The van der Waals surface area contributed by atoms with Crippen LogP contribution in [0.3, 0.4) is 0 Å². The highest BCUT2D eigenvalue weighted by molar-refractivity contribution is 6.32. The summed E-state index contributed by atoms with van der Waals surface area (Å²) in [6, 6.07) is 6.46. The first-order valence-corrected chi connectivity index (χ1v) is 5.37. The first kappa shape index (κ1) is 10.6. The third kappa shape index (κ3) is 2.03. The number of ether oxygens (including phenoxy) is 1. The fourth-order valence-electron chi connectivity index (χ4n) is 1.63. The molecule has 1 aliphatic rings. The zero-order valence-electron chi connectivity index (χ0n) is 8.96. The average Bonchev–Trinajstić information content (AvgIpc) is 2.15. The Hall–Kier alpha value is -0.930. The molecule has 0 aromatic heterocycles. The van der Waals surface area contributed by atoms with Gasteiger partial charge < -0.3 is 15.0 Å². The van der Waals surface area contributed by atoms with Gasteiger partial charge in [-0.25, -0.2) is 0 Å². The summed E-state index contributed by atoms with van der Waals surface area (Å²) >= 11 is 6.07. The molecular formula is C11H15ClN2O. The lowest BCUT2D eigenvalue weighted by Crippen LogP contribution is -2.56. The Bertz CT molecular complexity index is 352. The van der Waals surface area contributed by atoms with E-state index in [0.717, 1.165) is 24.5 Å². The van der Waals surface area contributed by atoms with Gasteiger partial charge in [-0.15, -0.1) is 0 Å². The molecular weight excluding hydrogens is 212 g/mol. The number of halogens is 1. The minimum atomic E-state index is 0.578. The van der Waals surface area contributed by atoms with Gasteiger partial charge in [-0.2, -0.15) is 0 Å². The molecule has 1 saturated heterocycles. The topological polar surface area (TPSA) is 24.5 Å². The molecule has 1 fully saturated rings. The lowest BCUT2D eigenvalue weighted by Gasteiger charge is -2.37. The van der Waals surface area contributed by atoms with Crippen LogP contribution in [0.4, 0.5) is 5.69 Å². The highest BCUT2D eigenvalue weighted by Crippen LogP contribution is 2.29. The molecule has 1 aromatic carbocycles. The fourth-order valence-corrected chi connectivity index (χ4v) is 1.88. The zero-order chi connectivity index (χ0) is 10.8. The van der Waals surface area contributed by atoms with Crippen LogP contribution in [0.25, 0.3) is 0 Å². The minimum Gasteiger partial charge on any atom is -0.495 e. The summed E-state index contributed by atoms with van der Waals surface area (Å²) in [5, 5.41) is 3.91. The third-order valence-electron chi connectivity index (χ3n) is 2.85. The Labute approximate surface area is 95.0 Å². The van der Waals surface area contributed by atoms with E-state index in [-0.39, 0.29) is 0 Å². The molecule has 82 valence electrons. The van der Waals surface area contributed by atoms with E-state index >= 15 is 0 Å². The molecule has 0 saturated carbocycles. The Morgan fingerprint density at radius 1 is 1.47 bits per heavy atom. The first-order valence-electron chi connectivity index (χ1n) is 4.99. The van der Waals surface area contributed by atoms with E-state index in [1.165, 1.54) is 0 Å². The maximum atomic E-state index is 6.07. The SMILES string of the molecule is COc1ccc(N(C)C2CNC2)cc1Cl. The molecule has 1 heterocycles. The monoisotopic (exact) mass is 226 g/mol. The highest BCUT2D eigenvalue weighted by Gasteiger charge is 2.22. The summed E-state index contributed by atoms with van der Waals surface area (Å²) in [5.74, 6) is 0.723. The van der Waals surface area contributed by atoms with Crippen molar-refractivity contribution in [3.63, 3.8) is 0 Å². The predicted octanol–water partition coefficient (Wildman–Crippen LogP) is 1.76. The van der Waals surface area contributed by atoms with Crippen molar-refractivity contribution in [1.29, 1.82) is 0 Å². The Morgan fingerprint density at radius 2 is 2.20 bits per heavy atom. The van der Waals surface area contributed by atoms with Gasteiger partial charge in [0, 0.05) is 25.8 Å². The second kappa shape index (κ2) is 4.29. The largest absolute Gasteiger partial charge is 0.495 e. The molecule has 0 bridgehead atoms. The minimum absolute atomic E-state index is 0.578. The van der Waals surface area contributed by atoms with Crippen LogP contribution in [-0.4, -0.2) is 33.3 Å². The van der Waals surface area contributed by atoms with Crippen LogP contribution in [0.15, 0.2) is 18.2 Å². The Kier molecular flexibility index (Phi) is 3.03. The average molecular weight is 227 g/mol. The molecule has 0 amide bonds. The van der Waals surface area contributed by atoms with E-state index in [9.17, 15) is 0 Å². The normalized spacial score (nSPS) is 15.9. The molecule has 0 spiro atoms. The van der Waals surface area contributed by atoms with Crippen LogP contribution in [0.2, 0.25) is 5.02 Å². The van der Waals surface area contributed by atoms with E-state index in [1.54, 1.807) is 7.11 Å². The number of methoxy groups -OCH3 is 1. The molecule has 15 heavy (non-hydrogen) atoms. The molecule has 3 nitrogen and oxygen atoms in total. The summed E-state index contributed by atoms with van der Waals surface area (Å²) < 4.78 is 5.12. The second-order valence-corrected chi connectivity index (χ2v) is 4.15. The van der Waals surface area contributed by atoms with Gasteiger partial charge in [-0.05, 0) is 18.2 Å². The summed E-state index contributed by atoms with van der Waals surface area (Å²) in [6.07, 6.45) is 0. The first-order chi connectivity index (χ1) is 7.22. The molecule has 1 aromatic rings. The quantitative estimate of drug-likeness (QED) is 0.850. The Balaban J connectivity index is 2.17. The van der Waals surface area contributed by atoms with Gasteiger partial charge in [0.2, 0.25) is 0 Å². The molecule has 4 heteroatoms. The van der Waals surface area contributed by atoms with Crippen molar-refractivity contribution in [3.8, 4) is 5.75 Å². The summed E-state index contributed by atoms with van der Waals surface area (Å²) in [6.45, 7) is 2.08. The zero-order valence-corrected chi connectivity index (χ0v) is 9.71. The van der Waals surface area contributed by atoms with Crippen LogP contribution < -0.4 is 15.0 Å². The summed E-state index contributed by atoms with van der Waals surface area (Å²) in [4.78, 5) is 2.24. The van der Waals surface area contributed by atoms with Gasteiger partial charge in [0.1, 0.15) is 5.75 Å². The van der Waals surface area contributed by atoms with E-state index in [4.69, 9.17) is 16.3 Å². The van der Waals surface area contributed by atoms with Crippen molar-refractivity contribution in [3.05, 3.63) is 23.2 Å². The van der Waals surface area contributed by atoms with Crippen LogP contribution in [0.5, 0.6) is 5.75 Å². The van der Waals surface area contributed by atoms with Crippen molar-refractivity contribution >= 4 is 17.3 Å². The van der Waals surface area contributed by atoms with Crippen LogP contribution in [0, 0.1) is 0 Å². The number of nitrogens with one attached hydrogen (secondary N) is 1. The molecule has 1 aliphatic heterocycles. The number of nitrogens with zero attached hydrogens (tertiary/aromatic N) is 1. The van der Waals surface area contributed by atoms with Gasteiger partial charge >= 0.3 is 0 Å². The van der Waals surface area contributed by atoms with Gasteiger partial charge in [0.25, 0.3) is 0 Å². The van der Waals surface area contributed by atoms with E-state index < -0.39 is 0 Å². The van der Waals surface area contributed by atoms with Crippen LogP contribution in [0.1, 0.15) is 0 Å². The number of rotatable bonds is 3. The molecule has 2 rings (SSSR count). The van der Waals surface area contributed by atoms with Gasteiger partial charge in [0.15, 0.2) is 0 Å². The van der Waals surface area contributed by atoms with Gasteiger partial charge in [0.05, 0.1) is 18.2 Å². The van der Waals surface area contributed by atoms with Crippen molar-refractivity contribution in [2.75, 3.05) is 32.1 Å². The summed E-state index contributed by atoms with van der Waals surface area (Å²) in [7, 11) is 3.71. The summed E-state index contributed by atoms with van der Waals surface area (Å²) in [5.41, 5.74) is 1.13. The van der Waals surface area contributed by atoms with Crippen LogP contribution >= 0.6 is 11.6 Å². The number of hydrogen-bond acceptors (Lipinski definition) is 3. The smallest absolute Gasteiger partial charge is 0.137 e. The number of anilines is 1. The lowest BCUT2D eigenvalue weighted by molar-refractivity contribution is 0.414. The number of benzene rings is 1. The van der Waals surface area contributed by atoms with E-state index in [2.05, 4.69) is 17.3 Å². The van der Waals surface area contributed by atoms with Crippen LogP contribution in [-0.2, 0) is 0 Å². The molecule has 0 atom stereocenters. The Morgan fingerprint density at radius 3 is 2.67 bits per heavy atom. The van der Waals surface area contributed by atoms with Crippen molar-refractivity contribution in [1.82, 2.24) is 5.32 Å². The maximum Gasteiger partial charge on any atom is 0.137 e. The lowest BCUT2D eigenvalue weighted by atomic mass is 10.1. The highest BCUT2D eigenvalue weighted by atomic mass is 35.5. The van der Waals surface area contributed by atoms with Gasteiger partial charge in [-0.3, -0.25) is 0 Å². The van der Waals surface area contributed by atoms with Crippen molar-refractivity contribution in [2.45, 2.75) is 6.04 Å². The van der Waals surface area contributed by atoms with E-state index in [1.807, 2.05) is 18.2 Å². The molecule has 0 radical (unpaired) electrons. The molecule has 1 N–H and O–H groups in total. The number of likely N-dealkylation sites (N-methyl/N-ethyl adjacent to an activating group) is 1.